The maximum Gasteiger partial charge on any atom is 0.0794 e. The summed E-state index contributed by atoms with van der Waals surface area (Å²) in [4.78, 5) is 4.79. The molecule has 0 unspecified atom stereocenters. The van der Waals surface area contributed by atoms with Crippen molar-refractivity contribution in [2.24, 2.45) is 0 Å². The van der Waals surface area contributed by atoms with E-state index in [2.05, 4.69) is 68.2 Å². The van der Waals surface area contributed by atoms with Gasteiger partial charge in [0.15, 0.2) is 0 Å². The molecule has 0 atom stereocenters. The molecule has 28 heavy (non-hydrogen) atoms. The van der Waals surface area contributed by atoms with E-state index in [1.54, 1.807) is 5.19 Å². The molecule has 2 heterocycles. The van der Waals surface area contributed by atoms with Crippen molar-refractivity contribution in [3.8, 4) is 11.3 Å². The van der Waals surface area contributed by atoms with Gasteiger partial charge in [-0.15, -0.1) is 11.3 Å². The van der Waals surface area contributed by atoms with Crippen molar-refractivity contribution < 1.29 is 0 Å². The Morgan fingerprint density at radius 1 is 0.893 bits per heavy atom. The van der Waals surface area contributed by atoms with E-state index >= 15 is 0 Å². The number of hydrogen-bond acceptors (Lipinski definition) is 2. The van der Waals surface area contributed by atoms with Crippen LogP contribution in [0.25, 0.3) is 31.4 Å². The lowest BCUT2D eigenvalue weighted by Gasteiger charge is -2.17. The van der Waals surface area contributed by atoms with Gasteiger partial charge in [0.2, 0.25) is 0 Å². The normalized spacial score (nSPS) is 15.7. The van der Waals surface area contributed by atoms with Gasteiger partial charge in [-0.05, 0) is 41.6 Å². The zero-order valence-electron chi connectivity index (χ0n) is 17.0. The number of pyridine rings is 1. The molecule has 5 rings (SSSR count). The van der Waals surface area contributed by atoms with Crippen LogP contribution in [0.15, 0.2) is 54.7 Å². The summed E-state index contributed by atoms with van der Waals surface area (Å²) >= 11 is 1.97. The molecule has 142 valence electrons. The van der Waals surface area contributed by atoms with Crippen LogP contribution in [0.4, 0.5) is 0 Å². The predicted octanol–water partition coefficient (Wildman–Crippen LogP) is 7.32. The molecule has 0 amide bonds. The van der Waals surface area contributed by atoms with Crippen molar-refractivity contribution in [2.75, 3.05) is 0 Å². The second-order valence-corrected chi connectivity index (χ2v) is 15.2. The third-order valence-corrected chi connectivity index (χ3v) is 9.72. The van der Waals surface area contributed by atoms with Crippen LogP contribution < -0.4 is 5.19 Å². The molecule has 2 aromatic heterocycles. The first-order valence-electron chi connectivity index (χ1n) is 10.4. The van der Waals surface area contributed by atoms with Gasteiger partial charge >= 0.3 is 0 Å². The van der Waals surface area contributed by atoms with Crippen LogP contribution >= 0.6 is 11.3 Å². The Morgan fingerprint density at radius 2 is 1.61 bits per heavy atom. The highest BCUT2D eigenvalue weighted by Crippen LogP contribution is 2.40. The molecule has 0 saturated heterocycles. The second-order valence-electron chi connectivity index (χ2n) is 9.17. The fourth-order valence-electron chi connectivity index (χ4n) is 4.72. The maximum absolute atomic E-state index is 4.79. The molecule has 3 heteroatoms. The average molecular weight is 402 g/mol. The molecule has 0 aliphatic heterocycles. The Hall–Kier alpha value is -1.97. The quantitative estimate of drug-likeness (QED) is 0.328. The molecule has 4 aromatic rings. The SMILES string of the molecule is C[Si](C)(C)c1cccc2c1sc1c(-c3cc(C4CCCC4)ccn3)cccc12. The smallest absolute Gasteiger partial charge is 0.0794 e. The van der Waals surface area contributed by atoms with Gasteiger partial charge in [-0.3, -0.25) is 4.98 Å². The van der Waals surface area contributed by atoms with Crippen LogP contribution in [-0.2, 0) is 0 Å². The molecular weight excluding hydrogens is 374 g/mol. The Bertz CT molecular complexity index is 1160. The van der Waals surface area contributed by atoms with E-state index in [0.717, 1.165) is 11.6 Å². The fourth-order valence-corrected chi connectivity index (χ4v) is 8.44. The highest BCUT2D eigenvalue weighted by atomic mass is 32.1. The van der Waals surface area contributed by atoms with E-state index in [1.165, 1.54) is 57.0 Å². The molecule has 0 N–H and O–H groups in total. The van der Waals surface area contributed by atoms with Crippen molar-refractivity contribution in [2.45, 2.75) is 51.2 Å². The molecule has 1 nitrogen and oxygen atoms in total. The van der Waals surface area contributed by atoms with Crippen molar-refractivity contribution in [3.05, 3.63) is 60.3 Å². The summed E-state index contributed by atoms with van der Waals surface area (Å²) in [5, 5.41) is 4.37. The lowest BCUT2D eigenvalue weighted by Crippen LogP contribution is -2.37. The first-order valence-corrected chi connectivity index (χ1v) is 14.7. The van der Waals surface area contributed by atoms with Crippen LogP contribution in [0.5, 0.6) is 0 Å². The minimum absolute atomic E-state index is 0.724. The number of nitrogens with zero attached hydrogens (tertiary/aromatic N) is 1. The molecule has 1 aliphatic carbocycles. The summed E-state index contributed by atoms with van der Waals surface area (Å²) < 4.78 is 2.87. The monoisotopic (exact) mass is 401 g/mol. The van der Waals surface area contributed by atoms with E-state index in [9.17, 15) is 0 Å². The van der Waals surface area contributed by atoms with E-state index in [-0.39, 0.29) is 0 Å². The van der Waals surface area contributed by atoms with Crippen molar-refractivity contribution in [3.63, 3.8) is 0 Å². The zero-order chi connectivity index (χ0) is 19.3. The topological polar surface area (TPSA) is 12.9 Å². The Morgan fingerprint density at radius 3 is 2.36 bits per heavy atom. The number of benzene rings is 2. The van der Waals surface area contributed by atoms with Gasteiger partial charge in [0, 0.05) is 31.9 Å². The van der Waals surface area contributed by atoms with Crippen molar-refractivity contribution in [1.29, 1.82) is 0 Å². The molecule has 1 fully saturated rings. The fraction of sp³-hybridized carbons (Fsp3) is 0.320. The van der Waals surface area contributed by atoms with Gasteiger partial charge in [-0.2, -0.15) is 0 Å². The standard InChI is InChI=1S/C25H27NSSi/c1-28(2,3)23-13-7-11-20-19-10-6-12-21(24(19)27-25(20)23)22-16-18(14-15-26-22)17-8-4-5-9-17/h6-7,10-17H,4-5,8-9H2,1-3H3. The molecule has 2 aromatic carbocycles. The number of hydrogen-bond donors (Lipinski definition) is 0. The van der Waals surface area contributed by atoms with E-state index in [0.29, 0.717) is 0 Å². The summed E-state index contributed by atoms with van der Waals surface area (Å²) in [7, 11) is -1.39. The third kappa shape index (κ3) is 3.01. The van der Waals surface area contributed by atoms with Gasteiger partial charge in [0.1, 0.15) is 0 Å². The predicted molar refractivity (Wildman–Crippen MR) is 127 cm³/mol. The van der Waals surface area contributed by atoms with Crippen molar-refractivity contribution in [1.82, 2.24) is 4.98 Å². The second kappa shape index (κ2) is 6.82. The highest BCUT2D eigenvalue weighted by molar-refractivity contribution is 7.28. The average Bonchev–Trinajstić information content (AvgIpc) is 3.35. The maximum atomic E-state index is 4.79. The van der Waals surface area contributed by atoms with Gasteiger partial charge < -0.3 is 0 Å². The molecule has 1 aliphatic rings. The number of fused-ring (bicyclic) bond motifs is 3. The van der Waals surface area contributed by atoms with Crippen LogP contribution in [0.2, 0.25) is 19.6 Å². The zero-order valence-corrected chi connectivity index (χ0v) is 18.8. The lowest BCUT2D eigenvalue weighted by molar-refractivity contribution is 0.722. The summed E-state index contributed by atoms with van der Waals surface area (Å²) in [5.41, 5.74) is 3.90. The summed E-state index contributed by atoms with van der Waals surface area (Å²) in [5.74, 6) is 0.724. The van der Waals surface area contributed by atoms with Crippen LogP contribution in [0.3, 0.4) is 0 Å². The molecule has 0 bridgehead atoms. The van der Waals surface area contributed by atoms with Gasteiger partial charge in [0.25, 0.3) is 0 Å². The largest absolute Gasteiger partial charge is 0.256 e. The minimum Gasteiger partial charge on any atom is -0.256 e. The van der Waals surface area contributed by atoms with Crippen LogP contribution in [-0.4, -0.2) is 13.1 Å². The van der Waals surface area contributed by atoms with Gasteiger partial charge in [-0.1, -0.05) is 68.9 Å². The third-order valence-electron chi connectivity index (χ3n) is 6.22. The molecule has 0 radical (unpaired) electrons. The highest BCUT2D eigenvalue weighted by Gasteiger charge is 2.22. The first-order chi connectivity index (χ1) is 13.5. The van der Waals surface area contributed by atoms with Gasteiger partial charge in [0.05, 0.1) is 13.8 Å². The molecule has 0 spiro atoms. The van der Waals surface area contributed by atoms with E-state index < -0.39 is 8.07 Å². The van der Waals surface area contributed by atoms with Crippen LogP contribution in [0, 0.1) is 0 Å². The Labute approximate surface area is 172 Å². The summed E-state index contributed by atoms with van der Waals surface area (Å²) in [6, 6.07) is 18.2. The number of aromatic nitrogens is 1. The van der Waals surface area contributed by atoms with Crippen LogP contribution in [0.1, 0.15) is 37.2 Å². The number of rotatable bonds is 3. The lowest BCUT2D eigenvalue weighted by atomic mass is 9.96. The summed E-state index contributed by atoms with van der Waals surface area (Å²) in [6.07, 6.45) is 7.41. The Balaban J connectivity index is 1.72. The Kier molecular flexibility index (Phi) is 4.40. The number of thiophene rings is 1. The molecule has 1 saturated carbocycles. The van der Waals surface area contributed by atoms with Gasteiger partial charge in [-0.25, -0.2) is 0 Å². The summed E-state index contributed by atoms with van der Waals surface area (Å²) in [6.45, 7) is 7.33. The van der Waals surface area contributed by atoms with E-state index in [1.807, 2.05) is 17.5 Å². The molecular formula is C25H27NSSi. The van der Waals surface area contributed by atoms with Crippen molar-refractivity contribution >= 4 is 44.8 Å². The minimum atomic E-state index is -1.39. The van der Waals surface area contributed by atoms with E-state index in [4.69, 9.17) is 4.98 Å². The first kappa shape index (κ1) is 18.1.